The number of aryl methyl sites for hydroxylation is 1. The van der Waals surface area contributed by atoms with Crippen LogP contribution in [-0.2, 0) is 14.6 Å². The second-order valence-corrected chi connectivity index (χ2v) is 8.80. The Hall–Kier alpha value is -1.79. The third kappa shape index (κ3) is 5.39. The normalized spacial score (nSPS) is 12.6. The van der Waals surface area contributed by atoms with Crippen LogP contribution in [0.2, 0.25) is 0 Å². The highest BCUT2D eigenvalue weighted by atomic mass is 32.2. The molecule has 0 aliphatic carbocycles. The van der Waals surface area contributed by atoms with Crippen LogP contribution in [0.25, 0.3) is 0 Å². The minimum absolute atomic E-state index is 0.0553. The van der Waals surface area contributed by atoms with E-state index in [0.29, 0.717) is 5.75 Å². The molecule has 6 heteroatoms. The molecule has 2 aromatic rings. The summed E-state index contributed by atoms with van der Waals surface area (Å²) in [4.78, 5) is 13.4. The lowest BCUT2D eigenvalue weighted by Crippen LogP contribution is -2.28. The molecular weight excluding hydrogens is 342 g/mol. The molecular formula is C18H21NO3S2. The Morgan fingerprint density at radius 2 is 1.67 bits per heavy atom. The van der Waals surface area contributed by atoms with Gasteiger partial charge in [-0.15, -0.1) is 11.8 Å². The van der Waals surface area contributed by atoms with Crippen molar-refractivity contribution in [1.29, 1.82) is 0 Å². The second-order valence-electron chi connectivity index (χ2n) is 5.73. The Morgan fingerprint density at radius 1 is 1.08 bits per heavy atom. The number of carbonyl (C=O) groups excluding carboxylic acids is 1. The molecule has 0 fully saturated rings. The first-order valence-corrected chi connectivity index (χ1v) is 10.4. The van der Waals surface area contributed by atoms with Gasteiger partial charge in [0.15, 0.2) is 9.84 Å². The highest BCUT2D eigenvalue weighted by Crippen LogP contribution is 2.19. The van der Waals surface area contributed by atoms with Crippen molar-refractivity contribution in [2.75, 3.05) is 12.0 Å². The largest absolute Gasteiger partial charge is 0.349 e. The van der Waals surface area contributed by atoms with Gasteiger partial charge in [-0.1, -0.05) is 29.8 Å². The summed E-state index contributed by atoms with van der Waals surface area (Å²) < 4.78 is 22.9. The average molecular weight is 364 g/mol. The van der Waals surface area contributed by atoms with Gasteiger partial charge in [0.05, 0.1) is 16.7 Å². The van der Waals surface area contributed by atoms with E-state index in [2.05, 4.69) is 5.32 Å². The van der Waals surface area contributed by atoms with Crippen molar-refractivity contribution >= 4 is 27.5 Å². The van der Waals surface area contributed by atoms with E-state index >= 15 is 0 Å². The molecule has 0 heterocycles. The SMILES string of the molecule is Cc1ccc(SCC(=O)N[C@H](C)c2ccc(S(C)(=O)=O)cc2)cc1. The summed E-state index contributed by atoms with van der Waals surface area (Å²) in [6, 6.07) is 14.5. The van der Waals surface area contributed by atoms with Gasteiger partial charge in [0, 0.05) is 11.2 Å². The molecule has 0 saturated carbocycles. The van der Waals surface area contributed by atoms with Crippen molar-refractivity contribution in [3.8, 4) is 0 Å². The first-order chi connectivity index (χ1) is 11.3. The zero-order chi connectivity index (χ0) is 17.7. The maximum atomic E-state index is 12.1. The van der Waals surface area contributed by atoms with E-state index in [1.54, 1.807) is 24.3 Å². The van der Waals surface area contributed by atoms with Crippen molar-refractivity contribution in [3.63, 3.8) is 0 Å². The topological polar surface area (TPSA) is 63.2 Å². The maximum absolute atomic E-state index is 12.1. The fourth-order valence-electron chi connectivity index (χ4n) is 2.15. The first kappa shape index (κ1) is 18.5. The Balaban J connectivity index is 1.90. The molecule has 0 spiro atoms. The number of carbonyl (C=O) groups is 1. The van der Waals surface area contributed by atoms with Gasteiger partial charge in [0.1, 0.15) is 0 Å². The fourth-order valence-corrected chi connectivity index (χ4v) is 3.49. The Bertz CT molecular complexity index is 797. The van der Waals surface area contributed by atoms with Crippen LogP contribution in [0.3, 0.4) is 0 Å². The third-order valence-electron chi connectivity index (χ3n) is 3.58. The van der Waals surface area contributed by atoms with Crippen molar-refractivity contribution in [3.05, 3.63) is 59.7 Å². The van der Waals surface area contributed by atoms with Gasteiger partial charge in [-0.3, -0.25) is 4.79 Å². The van der Waals surface area contributed by atoms with Crippen molar-refractivity contribution in [2.24, 2.45) is 0 Å². The molecule has 0 unspecified atom stereocenters. The van der Waals surface area contributed by atoms with E-state index in [1.165, 1.54) is 23.6 Å². The number of hydrogen-bond donors (Lipinski definition) is 1. The summed E-state index contributed by atoms with van der Waals surface area (Å²) in [6.07, 6.45) is 1.18. The molecule has 0 aliphatic heterocycles. The van der Waals surface area contributed by atoms with E-state index < -0.39 is 9.84 Å². The molecule has 2 aromatic carbocycles. The summed E-state index contributed by atoms with van der Waals surface area (Å²) in [7, 11) is -3.20. The van der Waals surface area contributed by atoms with Crippen LogP contribution in [0.4, 0.5) is 0 Å². The van der Waals surface area contributed by atoms with Gasteiger partial charge in [-0.05, 0) is 43.7 Å². The molecule has 0 aromatic heterocycles. The van der Waals surface area contributed by atoms with E-state index in [9.17, 15) is 13.2 Å². The van der Waals surface area contributed by atoms with Gasteiger partial charge in [0.25, 0.3) is 0 Å². The monoisotopic (exact) mass is 363 g/mol. The van der Waals surface area contributed by atoms with Gasteiger partial charge in [-0.2, -0.15) is 0 Å². The van der Waals surface area contributed by atoms with Crippen LogP contribution in [-0.4, -0.2) is 26.3 Å². The third-order valence-corrected chi connectivity index (χ3v) is 5.72. The minimum Gasteiger partial charge on any atom is -0.349 e. The van der Waals surface area contributed by atoms with Crippen LogP contribution >= 0.6 is 11.8 Å². The summed E-state index contributed by atoms with van der Waals surface area (Å²) in [6.45, 7) is 3.90. The predicted molar refractivity (Wildman–Crippen MR) is 98.0 cm³/mol. The van der Waals surface area contributed by atoms with Gasteiger partial charge in [-0.25, -0.2) is 8.42 Å². The lowest BCUT2D eigenvalue weighted by Gasteiger charge is -2.14. The minimum atomic E-state index is -3.20. The average Bonchev–Trinajstić information content (AvgIpc) is 2.53. The van der Waals surface area contributed by atoms with E-state index in [0.717, 1.165) is 10.5 Å². The molecule has 128 valence electrons. The van der Waals surface area contributed by atoms with Crippen molar-refractivity contribution < 1.29 is 13.2 Å². The Kier molecular flexibility index (Phi) is 6.07. The number of hydrogen-bond acceptors (Lipinski definition) is 4. The fraction of sp³-hybridized carbons (Fsp3) is 0.278. The maximum Gasteiger partial charge on any atom is 0.230 e. The van der Waals surface area contributed by atoms with Crippen LogP contribution in [0, 0.1) is 6.92 Å². The Labute approximate surface area is 147 Å². The van der Waals surface area contributed by atoms with Gasteiger partial charge in [0.2, 0.25) is 5.91 Å². The molecule has 0 radical (unpaired) electrons. The summed E-state index contributed by atoms with van der Waals surface area (Å²) in [5.74, 6) is 0.287. The number of rotatable bonds is 6. The molecule has 0 bridgehead atoms. The zero-order valence-corrected chi connectivity index (χ0v) is 15.6. The molecule has 1 N–H and O–H groups in total. The number of benzene rings is 2. The van der Waals surface area contributed by atoms with Crippen LogP contribution in [0.1, 0.15) is 24.1 Å². The van der Waals surface area contributed by atoms with E-state index in [1.807, 2.05) is 38.1 Å². The number of sulfone groups is 1. The van der Waals surface area contributed by atoms with E-state index in [-0.39, 0.29) is 16.8 Å². The molecule has 24 heavy (non-hydrogen) atoms. The van der Waals surface area contributed by atoms with Crippen molar-refractivity contribution in [1.82, 2.24) is 5.32 Å². The second kappa shape index (κ2) is 7.85. The highest BCUT2D eigenvalue weighted by Gasteiger charge is 2.12. The lowest BCUT2D eigenvalue weighted by molar-refractivity contribution is -0.119. The number of thioether (sulfide) groups is 1. The molecule has 1 amide bonds. The summed E-state index contributed by atoms with van der Waals surface area (Å²) in [5, 5.41) is 2.93. The molecule has 0 saturated heterocycles. The molecule has 4 nitrogen and oxygen atoms in total. The number of amides is 1. The smallest absolute Gasteiger partial charge is 0.230 e. The first-order valence-electron chi connectivity index (χ1n) is 7.54. The van der Waals surface area contributed by atoms with Crippen LogP contribution in [0.5, 0.6) is 0 Å². The van der Waals surface area contributed by atoms with Crippen LogP contribution < -0.4 is 5.32 Å². The Morgan fingerprint density at radius 3 is 2.21 bits per heavy atom. The number of nitrogens with one attached hydrogen (secondary N) is 1. The van der Waals surface area contributed by atoms with Crippen LogP contribution in [0.15, 0.2) is 58.3 Å². The predicted octanol–water partition coefficient (Wildman–Crippen LogP) is 3.37. The van der Waals surface area contributed by atoms with Crippen molar-refractivity contribution in [2.45, 2.75) is 29.7 Å². The highest BCUT2D eigenvalue weighted by molar-refractivity contribution is 8.00. The lowest BCUT2D eigenvalue weighted by atomic mass is 10.1. The van der Waals surface area contributed by atoms with Gasteiger partial charge < -0.3 is 5.32 Å². The van der Waals surface area contributed by atoms with Gasteiger partial charge >= 0.3 is 0 Å². The molecule has 0 aliphatic rings. The van der Waals surface area contributed by atoms with E-state index in [4.69, 9.17) is 0 Å². The zero-order valence-electron chi connectivity index (χ0n) is 13.9. The summed E-state index contributed by atoms with van der Waals surface area (Å²) >= 11 is 1.49. The quantitative estimate of drug-likeness (QED) is 0.799. The molecule has 2 rings (SSSR count). The standard InChI is InChI=1S/C18H21NO3S2/c1-13-4-8-16(9-5-13)23-12-18(20)19-14(2)15-6-10-17(11-7-15)24(3,21)22/h4-11,14H,12H2,1-3H3,(H,19,20)/t14-/m1/s1. The molecule has 1 atom stereocenters. The summed E-state index contributed by atoms with van der Waals surface area (Å²) in [5.41, 5.74) is 2.06.